The molecule has 0 N–H and O–H groups in total. The van der Waals surface area contributed by atoms with Crippen molar-refractivity contribution in [2.45, 2.75) is 119 Å². The Labute approximate surface area is 224 Å². The van der Waals surface area contributed by atoms with Gasteiger partial charge in [-0.15, -0.1) is 0 Å². The highest BCUT2D eigenvalue weighted by Gasteiger charge is 2.71. The second kappa shape index (κ2) is 8.33. The maximum absolute atomic E-state index is 13.0. The zero-order valence-electron chi connectivity index (χ0n) is 23.8. The summed E-state index contributed by atoms with van der Waals surface area (Å²) in [5.74, 6) is 2.37. The summed E-state index contributed by atoms with van der Waals surface area (Å²) in [6, 6.07) is 0. The van der Waals surface area contributed by atoms with E-state index in [0.717, 1.165) is 38.5 Å². The van der Waals surface area contributed by atoms with Crippen LogP contribution >= 0.6 is 11.6 Å². The summed E-state index contributed by atoms with van der Waals surface area (Å²) in [4.78, 5) is 24.9. The number of rotatable bonds is 3. The highest BCUT2D eigenvalue weighted by molar-refractivity contribution is 6.64. The SMILES string of the molecule is C=C(C)[C@@H]1CC[C@]2(C(=O)Cl)CC[C@]3(C)[C@H](CCC4[C@@]5(C)CC[C@H](OC(C)=O)C(C)(C)C5CC[C@]43C)C12. The van der Waals surface area contributed by atoms with Crippen LogP contribution in [-0.4, -0.2) is 17.3 Å². The molecule has 0 aromatic heterocycles. The van der Waals surface area contributed by atoms with Gasteiger partial charge in [-0.05, 0) is 129 Å². The van der Waals surface area contributed by atoms with Gasteiger partial charge in [0.2, 0.25) is 5.24 Å². The van der Waals surface area contributed by atoms with Crippen molar-refractivity contribution in [3.63, 3.8) is 0 Å². The fourth-order valence-corrected chi connectivity index (χ4v) is 12.2. The normalized spacial score (nSPS) is 51.2. The molecule has 4 heteroatoms. The predicted octanol–water partition coefficient (Wildman–Crippen LogP) is 8.34. The highest BCUT2D eigenvalue weighted by Crippen LogP contribution is 2.77. The van der Waals surface area contributed by atoms with E-state index in [4.69, 9.17) is 16.3 Å². The van der Waals surface area contributed by atoms with Crippen molar-refractivity contribution in [3.8, 4) is 0 Å². The van der Waals surface area contributed by atoms with Crippen molar-refractivity contribution >= 4 is 22.8 Å². The van der Waals surface area contributed by atoms with E-state index in [1.54, 1.807) is 6.92 Å². The molecule has 5 aliphatic rings. The van der Waals surface area contributed by atoms with Crippen molar-refractivity contribution in [1.29, 1.82) is 0 Å². The van der Waals surface area contributed by atoms with Gasteiger partial charge in [-0.2, -0.15) is 0 Å². The van der Waals surface area contributed by atoms with Crippen LogP contribution in [0.25, 0.3) is 0 Å². The number of ether oxygens (including phenoxy) is 1. The molecular weight excluding hydrogens is 468 g/mol. The van der Waals surface area contributed by atoms with E-state index in [9.17, 15) is 9.59 Å². The predicted molar refractivity (Wildman–Crippen MR) is 145 cm³/mol. The third kappa shape index (κ3) is 3.29. The van der Waals surface area contributed by atoms with Crippen LogP contribution in [0.4, 0.5) is 0 Å². The first-order valence-corrected chi connectivity index (χ1v) is 15.1. The Hall–Kier alpha value is -0.830. The van der Waals surface area contributed by atoms with Crippen LogP contribution in [-0.2, 0) is 14.3 Å². The average molecular weight is 517 g/mol. The molecule has 0 aromatic carbocycles. The zero-order chi connectivity index (χ0) is 26.5. The minimum absolute atomic E-state index is 0.0129. The number of carbonyl (C=O) groups excluding carboxylic acids is 2. The quantitative estimate of drug-likeness (QED) is 0.215. The Morgan fingerprint density at radius 1 is 0.806 bits per heavy atom. The van der Waals surface area contributed by atoms with E-state index in [1.807, 2.05) is 0 Å². The average Bonchev–Trinajstić information content (AvgIpc) is 3.17. The number of halogens is 1. The minimum atomic E-state index is -0.344. The van der Waals surface area contributed by atoms with Crippen LogP contribution in [0.2, 0.25) is 0 Å². The lowest BCUT2D eigenvalue weighted by Gasteiger charge is -2.72. The smallest absolute Gasteiger partial charge is 0.302 e. The lowest BCUT2D eigenvalue weighted by molar-refractivity contribution is -0.248. The Morgan fingerprint density at radius 2 is 1.50 bits per heavy atom. The van der Waals surface area contributed by atoms with Gasteiger partial charge in [-0.25, -0.2) is 0 Å². The van der Waals surface area contributed by atoms with Gasteiger partial charge in [0.25, 0.3) is 0 Å². The molecule has 0 heterocycles. The van der Waals surface area contributed by atoms with E-state index in [2.05, 4.69) is 48.1 Å². The third-order valence-corrected chi connectivity index (χ3v) is 14.1. The van der Waals surface area contributed by atoms with Gasteiger partial charge in [0.1, 0.15) is 6.10 Å². The molecule has 5 rings (SSSR count). The van der Waals surface area contributed by atoms with Crippen LogP contribution < -0.4 is 0 Å². The van der Waals surface area contributed by atoms with Crippen molar-refractivity contribution in [3.05, 3.63) is 12.2 Å². The van der Waals surface area contributed by atoms with E-state index < -0.39 is 0 Å². The second-order valence-electron chi connectivity index (χ2n) is 15.1. The molecule has 10 atom stereocenters. The molecule has 5 fully saturated rings. The van der Waals surface area contributed by atoms with Crippen LogP contribution in [0.1, 0.15) is 113 Å². The number of allylic oxidation sites excluding steroid dienone is 1. The van der Waals surface area contributed by atoms with Gasteiger partial charge in [-0.3, -0.25) is 9.59 Å². The number of carbonyl (C=O) groups is 2. The van der Waals surface area contributed by atoms with Gasteiger partial charge >= 0.3 is 5.97 Å². The molecule has 36 heavy (non-hydrogen) atoms. The van der Waals surface area contributed by atoms with Crippen LogP contribution in [0.5, 0.6) is 0 Å². The van der Waals surface area contributed by atoms with Crippen molar-refractivity contribution in [1.82, 2.24) is 0 Å². The Balaban J connectivity index is 1.52. The fraction of sp³-hybridized carbons (Fsp3) is 0.875. The van der Waals surface area contributed by atoms with Crippen molar-refractivity contribution in [2.75, 3.05) is 0 Å². The third-order valence-electron chi connectivity index (χ3n) is 13.7. The van der Waals surface area contributed by atoms with Gasteiger partial charge in [0.05, 0.1) is 0 Å². The summed E-state index contributed by atoms with van der Waals surface area (Å²) < 4.78 is 5.89. The molecule has 0 saturated heterocycles. The largest absolute Gasteiger partial charge is 0.462 e. The summed E-state index contributed by atoms with van der Waals surface area (Å²) in [6.45, 7) is 20.6. The first-order valence-electron chi connectivity index (χ1n) is 14.7. The number of esters is 1. The Kier molecular flexibility index (Phi) is 6.19. The molecule has 5 aliphatic carbocycles. The van der Waals surface area contributed by atoms with Crippen LogP contribution in [0.15, 0.2) is 12.2 Å². The summed E-state index contributed by atoms with van der Waals surface area (Å²) in [7, 11) is 0. The fourth-order valence-electron chi connectivity index (χ4n) is 11.9. The molecule has 3 unspecified atom stereocenters. The molecule has 0 bridgehead atoms. The first kappa shape index (κ1) is 26.8. The number of fused-ring (bicyclic) bond motifs is 7. The highest BCUT2D eigenvalue weighted by atomic mass is 35.5. The second-order valence-corrected chi connectivity index (χ2v) is 15.4. The summed E-state index contributed by atoms with van der Waals surface area (Å²) in [6.07, 6.45) is 11.1. The molecule has 0 aromatic rings. The monoisotopic (exact) mass is 516 g/mol. The molecule has 0 amide bonds. The Morgan fingerprint density at radius 3 is 2.11 bits per heavy atom. The molecule has 5 saturated carbocycles. The Bertz CT molecular complexity index is 970. The van der Waals surface area contributed by atoms with E-state index in [-0.39, 0.29) is 44.4 Å². The lowest BCUT2D eigenvalue weighted by Crippen LogP contribution is -2.67. The maximum Gasteiger partial charge on any atom is 0.302 e. The molecule has 0 radical (unpaired) electrons. The molecular formula is C32H49ClO3. The van der Waals surface area contributed by atoms with Gasteiger partial charge in [-0.1, -0.05) is 46.8 Å². The van der Waals surface area contributed by atoms with E-state index in [1.165, 1.54) is 31.3 Å². The molecule has 3 nitrogen and oxygen atoms in total. The minimum Gasteiger partial charge on any atom is -0.462 e. The summed E-state index contributed by atoms with van der Waals surface area (Å²) >= 11 is 6.46. The number of hydrogen-bond donors (Lipinski definition) is 0. The zero-order valence-corrected chi connectivity index (χ0v) is 24.6. The van der Waals surface area contributed by atoms with Crippen molar-refractivity contribution < 1.29 is 14.3 Å². The standard InChI is InChI=1S/C32H49ClO3/c1-19(2)21-11-16-32(27(33)35)18-17-30(7)22(26(21)32)9-10-24-29(6)14-13-25(36-20(3)34)28(4,5)23(29)12-15-31(24,30)8/h21-26H,1,9-18H2,2-8H3/t21-,22+,23?,24?,25-,26?,29-,30+,31+,32-/m0/s1. The molecule has 0 spiro atoms. The van der Waals surface area contributed by atoms with Crippen LogP contribution in [0, 0.1) is 56.7 Å². The molecule has 202 valence electrons. The van der Waals surface area contributed by atoms with E-state index >= 15 is 0 Å². The molecule has 0 aliphatic heterocycles. The lowest BCUT2D eigenvalue weighted by atomic mass is 9.32. The van der Waals surface area contributed by atoms with Gasteiger partial charge < -0.3 is 4.74 Å². The number of hydrogen-bond acceptors (Lipinski definition) is 3. The maximum atomic E-state index is 13.0. The summed E-state index contributed by atoms with van der Waals surface area (Å²) in [5, 5.41) is -0.0770. The topological polar surface area (TPSA) is 43.4 Å². The van der Waals surface area contributed by atoms with Crippen molar-refractivity contribution in [2.24, 2.45) is 56.7 Å². The van der Waals surface area contributed by atoms with Crippen LogP contribution in [0.3, 0.4) is 0 Å². The van der Waals surface area contributed by atoms with Gasteiger partial charge in [0.15, 0.2) is 0 Å². The van der Waals surface area contributed by atoms with Gasteiger partial charge in [0, 0.05) is 17.8 Å². The first-order chi connectivity index (χ1) is 16.6. The van der Waals surface area contributed by atoms with E-state index in [0.29, 0.717) is 29.6 Å². The summed E-state index contributed by atoms with van der Waals surface area (Å²) in [5.41, 5.74) is 1.60.